The van der Waals surface area contributed by atoms with E-state index in [2.05, 4.69) is 15.1 Å². The molecule has 3 aromatic rings. The molecular formula is C24H26N4O3. The van der Waals surface area contributed by atoms with Crippen LogP contribution in [-0.2, 0) is 0 Å². The lowest BCUT2D eigenvalue weighted by atomic mass is 10.1. The number of aryl methyl sites for hydroxylation is 1. The van der Waals surface area contributed by atoms with Gasteiger partial charge in [0.25, 0.3) is 5.91 Å². The van der Waals surface area contributed by atoms with Crippen molar-refractivity contribution in [2.75, 3.05) is 45.3 Å². The molecule has 0 radical (unpaired) electrons. The van der Waals surface area contributed by atoms with Gasteiger partial charge in [-0.2, -0.15) is 0 Å². The summed E-state index contributed by atoms with van der Waals surface area (Å²) in [6.07, 6.45) is 0. The Morgan fingerprint density at radius 2 is 1.55 bits per heavy atom. The number of hydrogen-bond acceptors (Lipinski definition) is 6. The molecule has 160 valence electrons. The van der Waals surface area contributed by atoms with Crippen LogP contribution in [0.2, 0.25) is 0 Å². The summed E-state index contributed by atoms with van der Waals surface area (Å²) < 4.78 is 10.7. The number of piperazine rings is 1. The highest BCUT2D eigenvalue weighted by atomic mass is 16.5. The van der Waals surface area contributed by atoms with Crippen LogP contribution in [0.1, 0.15) is 15.9 Å². The molecule has 31 heavy (non-hydrogen) atoms. The average molecular weight is 418 g/mol. The van der Waals surface area contributed by atoms with E-state index in [0.717, 1.165) is 41.3 Å². The minimum absolute atomic E-state index is 0.0783. The van der Waals surface area contributed by atoms with Crippen LogP contribution >= 0.6 is 0 Å². The van der Waals surface area contributed by atoms with Crippen molar-refractivity contribution in [3.63, 3.8) is 0 Å². The lowest BCUT2D eigenvalue weighted by Crippen LogP contribution is -2.49. The maximum Gasteiger partial charge on any atom is 0.253 e. The van der Waals surface area contributed by atoms with Gasteiger partial charge in [0.1, 0.15) is 0 Å². The van der Waals surface area contributed by atoms with E-state index in [4.69, 9.17) is 9.47 Å². The summed E-state index contributed by atoms with van der Waals surface area (Å²) in [7, 11) is 3.22. The molecule has 2 heterocycles. The molecule has 0 unspecified atom stereocenters. The SMILES string of the molecule is COc1ccc(-c2ccc(N3CCN(C(=O)c4ccc(C)cc4)CC3)nn2)cc1OC. The molecule has 0 N–H and O–H groups in total. The predicted molar refractivity (Wildman–Crippen MR) is 120 cm³/mol. The van der Waals surface area contributed by atoms with Gasteiger partial charge in [0.05, 0.1) is 19.9 Å². The first kappa shape index (κ1) is 20.7. The second-order valence-corrected chi connectivity index (χ2v) is 7.49. The maximum absolute atomic E-state index is 12.7. The molecule has 2 aromatic carbocycles. The van der Waals surface area contributed by atoms with Crippen LogP contribution in [0.15, 0.2) is 54.6 Å². The van der Waals surface area contributed by atoms with Crippen molar-refractivity contribution in [2.24, 2.45) is 0 Å². The summed E-state index contributed by atoms with van der Waals surface area (Å²) in [6.45, 7) is 4.78. The first-order valence-corrected chi connectivity index (χ1v) is 10.3. The molecule has 1 fully saturated rings. The zero-order chi connectivity index (χ0) is 21.8. The number of amides is 1. The Labute approximate surface area is 182 Å². The van der Waals surface area contributed by atoms with Crippen LogP contribution in [0, 0.1) is 6.92 Å². The monoisotopic (exact) mass is 418 g/mol. The summed E-state index contributed by atoms with van der Waals surface area (Å²) >= 11 is 0. The molecule has 0 aliphatic carbocycles. The number of methoxy groups -OCH3 is 2. The zero-order valence-electron chi connectivity index (χ0n) is 18.0. The molecule has 0 atom stereocenters. The van der Waals surface area contributed by atoms with E-state index in [1.54, 1.807) is 14.2 Å². The topological polar surface area (TPSA) is 67.8 Å². The minimum atomic E-state index is 0.0783. The third-order valence-electron chi connectivity index (χ3n) is 5.52. The van der Waals surface area contributed by atoms with Crippen molar-refractivity contribution < 1.29 is 14.3 Å². The Bertz CT molecular complexity index is 1040. The molecule has 0 bridgehead atoms. The van der Waals surface area contributed by atoms with Gasteiger partial charge >= 0.3 is 0 Å². The van der Waals surface area contributed by atoms with Gasteiger partial charge in [-0.25, -0.2) is 0 Å². The maximum atomic E-state index is 12.7. The average Bonchev–Trinajstić information content (AvgIpc) is 2.84. The second kappa shape index (κ2) is 9.04. The van der Waals surface area contributed by atoms with E-state index in [0.29, 0.717) is 24.6 Å². The molecule has 0 spiro atoms. The Kier molecular flexibility index (Phi) is 6.02. The molecule has 0 saturated carbocycles. The summed E-state index contributed by atoms with van der Waals surface area (Å²) in [5, 5.41) is 8.81. The number of rotatable bonds is 5. The van der Waals surface area contributed by atoms with E-state index in [-0.39, 0.29) is 5.91 Å². The van der Waals surface area contributed by atoms with Gasteiger partial charge in [0, 0.05) is 37.3 Å². The van der Waals surface area contributed by atoms with Gasteiger partial charge in [0.15, 0.2) is 17.3 Å². The van der Waals surface area contributed by atoms with Crippen molar-refractivity contribution in [1.29, 1.82) is 0 Å². The van der Waals surface area contributed by atoms with E-state index < -0.39 is 0 Å². The van der Waals surface area contributed by atoms with E-state index in [9.17, 15) is 4.79 Å². The number of hydrogen-bond donors (Lipinski definition) is 0. The van der Waals surface area contributed by atoms with E-state index >= 15 is 0 Å². The van der Waals surface area contributed by atoms with Crippen molar-refractivity contribution >= 4 is 11.7 Å². The van der Waals surface area contributed by atoms with Crippen LogP contribution < -0.4 is 14.4 Å². The first-order valence-electron chi connectivity index (χ1n) is 10.3. The number of ether oxygens (including phenoxy) is 2. The van der Waals surface area contributed by atoms with E-state index in [1.165, 1.54) is 0 Å². The molecule has 1 saturated heterocycles. The van der Waals surface area contributed by atoms with E-state index in [1.807, 2.05) is 66.4 Å². The largest absolute Gasteiger partial charge is 0.493 e. The number of nitrogens with zero attached hydrogens (tertiary/aromatic N) is 4. The lowest BCUT2D eigenvalue weighted by Gasteiger charge is -2.35. The van der Waals surface area contributed by atoms with Gasteiger partial charge in [-0.15, -0.1) is 10.2 Å². The molecule has 7 nitrogen and oxygen atoms in total. The normalized spacial score (nSPS) is 13.8. The predicted octanol–water partition coefficient (Wildman–Crippen LogP) is 3.43. The van der Waals surface area contributed by atoms with Crippen LogP contribution in [0.5, 0.6) is 11.5 Å². The summed E-state index contributed by atoms with van der Waals surface area (Å²) in [4.78, 5) is 16.8. The molecule has 4 rings (SSSR count). The van der Waals surface area contributed by atoms with Gasteiger partial charge in [-0.3, -0.25) is 4.79 Å². The molecule has 1 amide bonds. The zero-order valence-corrected chi connectivity index (χ0v) is 18.0. The quantitative estimate of drug-likeness (QED) is 0.632. The van der Waals surface area contributed by atoms with Crippen LogP contribution in [0.25, 0.3) is 11.3 Å². The first-order chi connectivity index (χ1) is 15.1. The number of aromatic nitrogens is 2. The third kappa shape index (κ3) is 4.45. The minimum Gasteiger partial charge on any atom is -0.493 e. The highest BCUT2D eigenvalue weighted by molar-refractivity contribution is 5.94. The van der Waals surface area contributed by atoms with Crippen molar-refractivity contribution in [3.8, 4) is 22.8 Å². The summed E-state index contributed by atoms with van der Waals surface area (Å²) in [5.41, 5.74) is 3.55. The fourth-order valence-corrected chi connectivity index (χ4v) is 3.66. The van der Waals surface area contributed by atoms with Gasteiger partial charge < -0.3 is 19.3 Å². The van der Waals surface area contributed by atoms with Gasteiger partial charge in [-0.05, 0) is 49.4 Å². The Morgan fingerprint density at radius 3 is 2.16 bits per heavy atom. The molecule has 1 aliphatic rings. The number of carbonyl (C=O) groups excluding carboxylic acids is 1. The van der Waals surface area contributed by atoms with Crippen molar-refractivity contribution in [1.82, 2.24) is 15.1 Å². The fraction of sp³-hybridized carbons (Fsp3) is 0.292. The number of carbonyl (C=O) groups is 1. The molecule has 1 aliphatic heterocycles. The molecular weight excluding hydrogens is 392 g/mol. The van der Waals surface area contributed by atoms with Crippen molar-refractivity contribution in [2.45, 2.75) is 6.92 Å². The fourth-order valence-electron chi connectivity index (χ4n) is 3.66. The Balaban J connectivity index is 1.40. The number of anilines is 1. The Morgan fingerprint density at radius 1 is 0.839 bits per heavy atom. The highest BCUT2D eigenvalue weighted by Gasteiger charge is 2.23. The van der Waals surface area contributed by atoms with Crippen LogP contribution in [-0.4, -0.2) is 61.4 Å². The van der Waals surface area contributed by atoms with Crippen LogP contribution in [0.4, 0.5) is 5.82 Å². The molecule has 1 aromatic heterocycles. The standard InChI is InChI=1S/C24H26N4O3/c1-17-4-6-18(7-5-17)24(29)28-14-12-27(13-15-28)23-11-9-20(25-26-23)19-8-10-21(30-2)22(16-19)31-3/h4-11,16H,12-15H2,1-3H3. The Hall–Kier alpha value is -3.61. The second-order valence-electron chi connectivity index (χ2n) is 7.49. The van der Waals surface area contributed by atoms with Gasteiger partial charge in [-0.1, -0.05) is 17.7 Å². The lowest BCUT2D eigenvalue weighted by molar-refractivity contribution is 0.0746. The van der Waals surface area contributed by atoms with Gasteiger partial charge in [0.2, 0.25) is 0 Å². The third-order valence-corrected chi connectivity index (χ3v) is 5.52. The van der Waals surface area contributed by atoms with Crippen LogP contribution in [0.3, 0.4) is 0 Å². The highest BCUT2D eigenvalue weighted by Crippen LogP contribution is 2.31. The summed E-state index contributed by atoms with van der Waals surface area (Å²) in [6, 6.07) is 17.3. The smallest absolute Gasteiger partial charge is 0.253 e. The molecule has 7 heteroatoms. The van der Waals surface area contributed by atoms with Crippen molar-refractivity contribution in [3.05, 3.63) is 65.7 Å². The summed E-state index contributed by atoms with van der Waals surface area (Å²) in [5.74, 6) is 2.22. The number of benzene rings is 2.